The van der Waals surface area contributed by atoms with Crippen molar-refractivity contribution >= 4 is 28.6 Å². The van der Waals surface area contributed by atoms with E-state index < -0.39 is 46.1 Å². The fourth-order valence-corrected chi connectivity index (χ4v) is 2.60. The fourth-order valence-electron chi connectivity index (χ4n) is 1.88. The second-order valence-electron chi connectivity index (χ2n) is 5.44. The van der Waals surface area contributed by atoms with Gasteiger partial charge in [-0.2, -0.15) is 8.78 Å². The Kier molecular flexibility index (Phi) is 6.52. The van der Waals surface area contributed by atoms with Crippen molar-refractivity contribution in [3.05, 3.63) is 41.2 Å². The monoisotopic (exact) mass is 489 g/mol. The van der Waals surface area contributed by atoms with Crippen LogP contribution in [0.4, 0.5) is 17.6 Å². The molecule has 0 aliphatic rings. The van der Waals surface area contributed by atoms with Crippen LogP contribution < -0.4 is 4.74 Å². The lowest BCUT2D eigenvalue weighted by Gasteiger charge is -2.26. The van der Waals surface area contributed by atoms with Gasteiger partial charge in [0.2, 0.25) is 17.4 Å². The van der Waals surface area contributed by atoms with Crippen molar-refractivity contribution in [1.82, 2.24) is 15.0 Å². The molecule has 1 aromatic carbocycles. The van der Waals surface area contributed by atoms with Crippen LogP contribution in [0.15, 0.2) is 12.3 Å². The highest BCUT2D eigenvalue weighted by atomic mass is 127. The van der Waals surface area contributed by atoms with Crippen LogP contribution in [0.25, 0.3) is 0 Å². The van der Waals surface area contributed by atoms with Crippen LogP contribution in [-0.4, -0.2) is 48.8 Å². The summed E-state index contributed by atoms with van der Waals surface area (Å²) in [6, 6.07) is -0.0221. The highest BCUT2D eigenvalue weighted by Gasteiger charge is 2.30. The number of esters is 1. The molecule has 0 aliphatic carbocycles. The summed E-state index contributed by atoms with van der Waals surface area (Å²) in [7, 11) is 0. The van der Waals surface area contributed by atoms with Gasteiger partial charge in [0.25, 0.3) is 0 Å². The summed E-state index contributed by atoms with van der Waals surface area (Å²) in [5, 5.41) is 25.8. The molecule has 1 aromatic heterocycles. The van der Waals surface area contributed by atoms with Crippen LogP contribution in [0, 0.1) is 28.7 Å². The van der Waals surface area contributed by atoms with Gasteiger partial charge in [-0.25, -0.2) is 13.6 Å². The molecule has 26 heavy (non-hydrogen) atoms. The van der Waals surface area contributed by atoms with Crippen molar-refractivity contribution in [3.63, 3.8) is 0 Å². The fraction of sp³-hybridized carbons (Fsp3) is 0.357. The molecule has 7 nitrogen and oxygen atoms in total. The highest BCUT2D eigenvalue weighted by molar-refractivity contribution is 14.1. The predicted molar refractivity (Wildman–Crippen MR) is 86.7 cm³/mol. The summed E-state index contributed by atoms with van der Waals surface area (Å²) >= 11 is 1.95. The standard InChI is InChI=1S/C14H12F4IN3O4/c15-7-1-8(16)11(18)12(10(7)17)26-13(25)9-2-22(21-20-9)4-14(3-19,5-23)6-24/h1-2,23-24H,3-6H2. The quantitative estimate of drug-likeness (QED) is 0.153. The molecular formula is C14H12F4IN3O4. The summed E-state index contributed by atoms with van der Waals surface area (Å²) in [5.41, 5.74) is -1.43. The molecule has 142 valence electrons. The number of rotatable bonds is 7. The molecule has 1 heterocycles. The Hall–Kier alpha value is -1.80. The van der Waals surface area contributed by atoms with E-state index in [0.717, 1.165) is 10.9 Å². The largest absolute Gasteiger partial charge is 0.415 e. The van der Waals surface area contributed by atoms with Gasteiger partial charge < -0.3 is 14.9 Å². The number of nitrogens with zero attached hydrogens (tertiary/aromatic N) is 3. The first kappa shape index (κ1) is 20.5. The number of aliphatic hydroxyl groups is 2. The third kappa shape index (κ3) is 4.12. The van der Waals surface area contributed by atoms with E-state index >= 15 is 0 Å². The SMILES string of the molecule is O=C(Oc1c(F)c(F)cc(F)c1F)c1cn(CC(CO)(CO)CI)nn1. The Balaban J connectivity index is 2.22. The third-order valence-electron chi connectivity index (χ3n) is 3.47. The van der Waals surface area contributed by atoms with Crippen molar-refractivity contribution in [2.75, 3.05) is 17.6 Å². The number of aromatic nitrogens is 3. The number of aliphatic hydroxyl groups excluding tert-OH is 2. The second-order valence-corrected chi connectivity index (χ2v) is 6.20. The topological polar surface area (TPSA) is 97.5 Å². The maximum Gasteiger partial charge on any atom is 0.366 e. The van der Waals surface area contributed by atoms with Crippen molar-refractivity contribution < 1.29 is 37.3 Å². The Morgan fingerprint density at radius 1 is 1.19 bits per heavy atom. The van der Waals surface area contributed by atoms with Crippen molar-refractivity contribution in [2.45, 2.75) is 6.54 Å². The van der Waals surface area contributed by atoms with Gasteiger partial charge in [0.1, 0.15) is 0 Å². The van der Waals surface area contributed by atoms with Gasteiger partial charge in [-0.1, -0.05) is 27.8 Å². The van der Waals surface area contributed by atoms with Crippen LogP contribution in [0.3, 0.4) is 0 Å². The molecule has 0 radical (unpaired) electrons. The molecule has 0 amide bonds. The van der Waals surface area contributed by atoms with Gasteiger partial charge in [0.05, 0.1) is 26.0 Å². The first-order valence-corrected chi connectivity index (χ1v) is 8.52. The van der Waals surface area contributed by atoms with E-state index in [2.05, 4.69) is 15.0 Å². The van der Waals surface area contributed by atoms with E-state index in [9.17, 15) is 32.6 Å². The molecule has 12 heteroatoms. The lowest BCUT2D eigenvalue weighted by Crippen LogP contribution is -2.36. The van der Waals surface area contributed by atoms with Crippen molar-refractivity contribution in [1.29, 1.82) is 0 Å². The average Bonchev–Trinajstić information content (AvgIpc) is 3.10. The summed E-state index contributed by atoms with van der Waals surface area (Å²) < 4.78 is 59.1. The first-order chi connectivity index (χ1) is 12.3. The van der Waals surface area contributed by atoms with Crippen molar-refractivity contribution in [3.8, 4) is 5.75 Å². The molecule has 0 bridgehead atoms. The Labute approximate surface area is 157 Å². The van der Waals surface area contributed by atoms with E-state index in [4.69, 9.17) is 0 Å². The summed E-state index contributed by atoms with van der Waals surface area (Å²) in [6.07, 6.45) is 1.04. The summed E-state index contributed by atoms with van der Waals surface area (Å²) in [5.74, 6) is -10.1. The minimum Gasteiger partial charge on any atom is -0.415 e. The van der Waals surface area contributed by atoms with E-state index in [1.807, 2.05) is 22.6 Å². The molecule has 0 spiro atoms. The minimum absolute atomic E-state index is 0.0134. The maximum absolute atomic E-state index is 13.5. The summed E-state index contributed by atoms with van der Waals surface area (Å²) in [4.78, 5) is 11.9. The smallest absolute Gasteiger partial charge is 0.366 e. The number of hydrogen-bond acceptors (Lipinski definition) is 6. The average molecular weight is 489 g/mol. The van der Waals surface area contributed by atoms with Gasteiger partial charge in [0, 0.05) is 15.9 Å². The normalized spacial score (nSPS) is 11.7. The van der Waals surface area contributed by atoms with Crippen molar-refractivity contribution in [2.24, 2.45) is 5.41 Å². The van der Waals surface area contributed by atoms with Gasteiger partial charge in [-0.15, -0.1) is 5.10 Å². The zero-order valence-electron chi connectivity index (χ0n) is 12.9. The predicted octanol–water partition coefficient (Wildman–Crippen LogP) is 1.46. The van der Waals surface area contributed by atoms with E-state index in [1.54, 1.807) is 0 Å². The zero-order chi connectivity index (χ0) is 19.5. The highest BCUT2D eigenvalue weighted by Crippen LogP contribution is 2.27. The number of hydrogen-bond donors (Lipinski definition) is 2. The van der Waals surface area contributed by atoms with Crippen LogP contribution >= 0.6 is 22.6 Å². The molecule has 2 N–H and O–H groups in total. The van der Waals surface area contributed by atoms with Crippen LogP contribution in [0.5, 0.6) is 5.75 Å². The molecule has 0 atom stereocenters. The number of benzene rings is 1. The number of halogens is 5. The molecule has 2 aromatic rings. The maximum atomic E-state index is 13.5. The zero-order valence-corrected chi connectivity index (χ0v) is 15.1. The van der Waals surface area contributed by atoms with Gasteiger partial charge in [0.15, 0.2) is 17.3 Å². The molecular weight excluding hydrogens is 477 g/mol. The van der Waals surface area contributed by atoms with Gasteiger partial charge in [-0.05, 0) is 0 Å². The molecule has 2 rings (SSSR count). The lowest BCUT2D eigenvalue weighted by molar-refractivity contribution is 0.0583. The van der Waals surface area contributed by atoms with Crippen LogP contribution in [0.2, 0.25) is 0 Å². The van der Waals surface area contributed by atoms with E-state index in [-0.39, 0.29) is 25.8 Å². The third-order valence-corrected chi connectivity index (χ3v) is 5.08. The molecule has 0 saturated heterocycles. The minimum atomic E-state index is -1.87. The number of ether oxygens (including phenoxy) is 1. The Bertz CT molecular complexity index is 779. The second kappa shape index (κ2) is 8.26. The number of carbonyl (C=O) groups is 1. The number of alkyl halides is 1. The van der Waals surface area contributed by atoms with Gasteiger partial charge in [-0.3, -0.25) is 4.68 Å². The first-order valence-electron chi connectivity index (χ1n) is 7.00. The van der Waals surface area contributed by atoms with Crippen LogP contribution in [-0.2, 0) is 6.54 Å². The Morgan fingerprint density at radius 2 is 1.77 bits per heavy atom. The van der Waals surface area contributed by atoms with Crippen LogP contribution in [0.1, 0.15) is 10.5 Å². The number of carbonyl (C=O) groups excluding carboxylic acids is 1. The van der Waals surface area contributed by atoms with Gasteiger partial charge >= 0.3 is 5.97 Å². The van der Waals surface area contributed by atoms with E-state index in [1.165, 1.54) is 0 Å². The molecule has 0 aliphatic heterocycles. The molecule has 0 saturated carbocycles. The lowest BCUT2D eigenvalue weighted by atomic mass is 9.93. The Morgan fingerprint density at radius 3 is 2.27 bits per heavy atom. The molecule has 0 unspecified atom stereocenters. The van der Waals surface area contributed by atoms with E-state index in [0.29, 0.717) is 4.43 Å². The summed E-state index contributed by atoms with van der Waals surface area (Å²) in [6.45, 7) is -0.753. The molecule has 0 fully saturated rings.